The van der Waals surface area contributed by atoms with Crippen molar-refractivity contribution in [2.45, 2.75) is 38.4 Å². The maximum Gasteiger partial charge on any atom is 0.0978 e. The van der Waals surface area contributed by atoms with Crippen molar-refractivity contribution in [2.75, 3.05) is 19.6 Å². The van der Waals surface area contributed by atoms with Crippen LogP contribution < -0.4 is 0 Å². The van der Waals surface area contributed by atoms with Crippen molar-refractivity contribution in [2.24, 2.45) is 5.92 Å². The molecule has 1 saturated heterocycles. The molecule has 1 aromatic rings. The number of nitrogens with zero attached hydrogens (tertiary/aromatic N) is 2. The SMILES string of the molecule is Cc1cc2c(cn1)C1(CCN(CC3C=CC=CC3)CC1)OC2. The quantitative estimate of drug-likeness (QED) is 0.837. The number of rotatable bonds is 2. The first-order chi connectivity index (χ1) is 10.8. The van der Waals surface area contributed by atoms with Gasteiger partial charge in [0, 0.05) is 37.1 Å². The highest BCUT2D eigenvalue weighted by Crippen LogP contribution is 2.44. The molecular formula is C19H24N2O. The Balaban J connectivity index is 1.42. The van der Waals surface area contributed by atoms with Gasteiger partial charge in [-0.05, 0) is 43.7 Å². The molecule has 1 aliphatic carbocycles. The molecule has 3 heteroatoms. The molecule has 1 unspecified atom stereocenters. The zero-order valence-corrected chi connectivity index (χ0v) is 13.3. The van der Waals surface area contributed by atoms with Crippen LogP contribution in [0.25, 0.3) is 0 Å². The van der Waals surface area contributed by atoms with E-state index in [1.807, 2.05) is 0 Å². The molecule has 22 heavy (non-hydrogen) atoms. The number of ether oxygens (including phenoxy) is 1. The zero-order valence-electron chi connectivity index (χ0n) is 13.3. The number of aromatic nitrogens is 1. The fourth-order valence-electron chi connectivity index (χ4n) is 4.05. The molecule has 1 fully saturated rings. The lowest BCUT2D eigenvalue weighted by atomic mass is 9.84. The second-order valence-electron chi connectivity index (χ2n) is 6.88. The van der Waals surface area contributed by atoms with Crippen molar-refractivity contribution in [1.82, 2.24) is 9.88 Å². The van der Waals surface area contributed by atoms with Crippen LogP contribution in [0.2, 0.25) is 0 Å². The summed E-state index contributed by atoms with van der Waals surface area (Å²) in [4.78, 5) is 7.10. The smallest absolute Gasteiger partial charge is 0.0978 e. The summed E-state index contributed by atoms with van der Waals surface area (Å²) in [6, 6.07) is 2.19. The minimum atomic E-state index is -0.0607. The van der Waals surface area contributed by atoms with Crippen molar-refractivity contribution in [3.05, 3.63) is 53.4 Å². The molecule has 0 N–H and O–H groups in total. The molecule has 116 valence electrons. The van der Waals surface area contributed by atoms with Crippen molar-refractivity contribution >= 4 is 0 Å². The van der Waals surface area contributed by atoms with Gasteiger partial charge in [-0.15, -0.1) is 0 Å². The maximum absolute atomic E-state index is 6.25. The van der Waals surface area contributed by atoms with Crippen LogP contribution in [-0.2, 0) is 16.9 Å². The van der Waals surface area contributed by atoms with E-state index < -0.39 is 0 Å². The van der Waals surface area contributed by atoms with Crippen molar-refractivity contribution in [3.8, 4) is 0 Å². The van der Waals surface area contributed by atoms with Crippen LogP contribution in [0, 0.1) is 12.8 Å². The predicted octanol–water partition coefficient (Wildman–Crippen LogP) is 3.34. The molecule has 3 nitrogen and oxygen atoms in total. The van der Waals surface area contributed by atoms with Gasteiger partial charge in [0.1, 0.15) is 0 Å². The molecule has 4 rings (SSSR count). The third-order valence-electron chi connectivity index (χ3n) is 5.35. The molecule has 2 aliphatic heterocycles. The fourth-order valence-corrected chi connectivity index (χ4v) is 4.05. The highest BCUT2D eigenvalue weighted by molar-refractivity contribution is 5.35. The van der Waals surface area contributed by atoms with Crippen molar-refractivity contribution < 1.29 is 4.74 Å². The first-order valence-electron chi connectivity index (χ1n) is 8.41. The summed E-state index contributed by atoms with van der Waals surface area (Å²) in [5.74, 6) is 0.681. The summed E-state index contributed by atoms with van der Waals surface area (Å²) in [5, 5.41) is 0. The standard InChI is InChI=1S/C19H24N2O/c1-15-11-17-14-22-19(18(17)12-20-15)7-9-21(10-8-19)13-16-5-3-2-4-6-16/h2-5,11-12,16H,6-10,13-14H2,1H3. The molecular weight excluding hydrogens is 272 g/mol. The van der Waals surface area contributed by atoms with Gasteiger partial charge in [-0.25, -0.2) is 0 Å². The van der Waals surface area contributed by atoms with Crippen molar-refractivity contribution in [1.29, 1.82) is 0 Å². The third kappa shape index (κ3) is 2.53. The number of allylic oxidation sites excluding steroid dienone is 3. The molecule has 0 amide bonds. The van der Waals surface area contributed by atoms with Gasteiger partial charge in [0.05, 0.1) is 12.2 Å². The summed E-state index contributed by atoms with van der Waals surface area (Å²) in [6.07, 6.45) is 14.4. The summed E-state index contributed by atoms with van der Waals surface area (Å²) in [6.45, 7) is 6.24. The molecule has 3 aliphatic rings. The summed E-state index contributed by atoms with van der Waals surface area (Å²) < 4.78 is 6.25. The molecule has 1 aromatic heterocycles. The van der Waals surface area contributed by atoms with E-state index in [4.69, 9.17) is 4.74 Å². The highest BCUT2D eigenvalue weighted by atomic mass is 16.5. The second kappa shape index (κ2) is 5.64. The minimum Gasteiger partial charge on any atom is -0.365 e. The van der Waals surface area contributed by atoms with Gasteiger partial charge in [-0.2, -0.15) is 0 Å². The van der Waals surface area contributed by atoms with E-state index in [-0.39, 0.29) is 5.60 Å². The Kier molecular flexibility index (Phi) is 3.63. The first-order valence-corrected chi connectivity index (χ1v) is 8.41. The number of hydrogen-bond acceptors (Lipinski definition) is 3. The van der Waals surface area contributed by atoms with Crippen LogP contribution in [-0.4, -0.2) is 29.5 Å². The van der Waals surface area contributed by atoms with E-state index in [9.17, 15) is 0 Å². The first kappa shape index (κ1) is 14.2. The lowest BCUT2D eigenvalue weighted by molar-refractivity contribution is -0.0798. The van der Waals surface area contributed by atoms with Crippen LogP contribution in [0.15, 0.2) is 36.6 Å². The minimum absolute atomic E-state index is 0.0607. The Bertz CT molecular complexity index is 612. The lowest BCUT2D eigenvalue weighted by Gasteiger charge is -2.40. The van der Waals surface area contributed by atoms with Crippen LogP contribution >= 0.6 is 0 Å². The van der Waals surface area contributed by atoms with Gasteiger partial charge >= 0.3 is 0 Å². The highest BCUT2D eigenvalue weighted by Gasteiger charge is 2.42. The number of fused-ring (bicyclic) bond motifs is 2. The van der Waals surface area contributed by atoms with E-state index in [1.54, 1.807) is 0 Å². The van der Waals surface area contributed by atoms with Gasteiger partial charge in [0.25, 0.3) is 0 Å². The van der Waals surface area contributed by atoms with Gasteiger partial charge in [-0.1, -0.05) is 24.3 Å². The number of aryl methyl sites for hydroxylation is 1. The fraction of sp³-hybridized carbons (Fsp3) is 0.526. The monoisotopic (exact) mass is 296 g/mol. The molecule has 1 spiro atoms. The molecule has 1 atom stereocenters. The Morgan fingerprint density at radius 3 is 2.95 bits per heavy atom. The number of pyridine rings is 1. The largest absolute Gasteiger partial charge is 0.365 e. The Morgan fingerprint density at radius 1 is 1.32 bits per heavy atom. The second-order valence-corrected chi connectivity index (χ2v) is 6.88. The molecule has 0 aromatic carbocycles. The lowest BCUT2D eigenvalue weighted by Crippen LogP contribution is -2.44. The predicted molar refractivity (Wildman–Crippen MR) is 87.5 cm³/mol. The average Bonchev–Trinajstić information content (AvgIpc) is 2.89. The van der Waals surface area contributed by atoms with E-state index in [0.29, 0.717) is 5.92 Å². The van der Waals surface area contributed by atoms with Crippen LogP contribution in [0.3, 0.4) is 0 Å². The summed E-state index contributed by atoms with van der Waals surface area (Å²) in [5.41, 5.74) is 3.72. The Labute approximate surface area is 132 Å². The van der Waals surface area contributed by atoms with Crippen molar-refractivity contribution in [3.63, 3.8) is 0 Å². The van der Waals surface area contributed by atoms with Gasteiger partial charge in [0.2, 0.25) is 0 Å². The Morgan fingerprint density at radius 2 is 2.18 bits per heavy atom. The summed E-state index contributed by atoms with van der Waals surface area (Å²) in [7, 11) is 0. The summed E-state index contributed by atoms with van der Waals surface area (Å²) >= 11 is 0. The number of likely N-dealkylation sites (tertiary alicyclic amines) is 1. The molecule has 3 heterocycles. The van der Waals surface area contributed by atoms with E-state index in [0.717, 1.165) is 38.2 Å². The molecule has 0 bridgehead atoms. The van der Waals surface area contributed by atoms with Gasteiger partial charge in [-0.3, -0.25) is 4.98 Å². The zero-order chi connectivity index (χ0) is 15.0. The Hall–Kier alpha value is -1.45. The average molecular weight is 296 g/mol. The third-order valence-corrected chi connectivity index (χ3v) is 5.35. The van der Waals surface area contributed by atoms with Gasteiger partial charge < -0.3 is 9.64 Å². The van der Waals surface area contributed by atoms with E-state index in [2.05, 4.69) is 53.4 Å². The topological polar surface area (TPSA) is 25.4 Å². The number of piperidine rings is 1. The normalized spacial score (nSPS) is 26.5. The van der Waals surface area contributed by atoms with Gasteiger partial charge in [0.15, 0.2) is 0 Å². The van der Waals surface area contributed by atoms with E-state index in [1.165, 1.54) is 24.1 Å². The van der Waals surface area contributed by atoms with Crippen LogP contribution in [0.1, 0.15) is 36.1 Å². The molecule has 0 saturated carbocycles. The number of hydrogen-bond donors (Lipinski definition) is 0. The molecule has 0 radical (unpaired) electrons. The van der Waals surface area contributed by atoms with Crippen LogP contribution in [0.4, 0.5) is 0 Å². The van der Waals surface area contributed by atoms with E-state index >= 15 is 0 Å². The van der Waals surface area contributed by atoms with Crippen LogP contribution in [0.5, 0.6) is 0 Å². The maximum atomic E-state index is 6.25.